The number of aldehydes is 1. The monoisotopic (exact) mass is 513 g/mol. The molecule has 2 aromatic heterocycles. The van der Waals surface area contributed by atoms with Crippen molar-refractivity contribution in [3.63, 3.8) is 0 Å². The van der Waals surface area contributed by atoms with Gasteiger partial charge in [0.15, 0.2) is 6.29 Å². The number of carbonyl (C=O) groups is 3. The number of ether oxygens (including phenoxy) is 1. The van der Waals surface area contributed by atoms with Crippen LogP contribution in [0.4, 0.5) is 25.2 Å². The molecular formula is C24H25F2N7O4. The number of aromatic nitrogens is 2. The third-order valence-electron chi connectivity index (χ3n) is 6.09. The molecule has 1 saturated heterocycles. The van der Waals surface area contributed by atoms with Crippen LogP contribution in [0.3, 0.4) is 0 Å². The van der Waals surface area contributed by atoms with Gasteiger partial charge in [-0.05, 0) is 31.5 Å². The summed E-state index contributed by atoms with van der Waals surface area (Å²) in [4.78, 5) is 50.8. The molecule has 0 aromatic carbocycles. The normalized spacial score (nSPS) is 15.8. The van der Waals surface area contributed by atoms with Crippen molar-refractivity contribution < 1.29 is 27.9 Å². The number of pyridine rings is 2. The quantitative estimate of drug-likeness (QED) is 0.557. The second-order valence-electron chi connectivity index (χ2n) is 8.75. The Bertz CT molecular complexity index is 1250. The minimum atomic E-state index is -2.74. The molecule has 11 nitrogen and oxygen atoms in total. The molecule has 1 fully saturated rings. The number of nitriles is 1. The number of alkyl halides is 2. The first-order valence-corrected chi connectivity index (χ1v) is 11.6. The van der Waals surface area contributed by atoms with Crippen molar-refractivity contribution in [2.75, 3.05) is 50.1 Å². The summed E-state index contributed by atoms with van der Waals surface area (Å²) >= 11 is 0. The van der Waals surface area contributed by atoms with Gasteiger partial charge in [0.05, 0.1) is 12.7 Å². The zero-order chi connectivity index (χ0) is 26.5. The number of hydrogen-bond acceptors (Lipinski definition) is 8. The van der Waals surface area contributed by atoms with E-state index in [0.717, 1.165) is 18.3 Å². The van der Waals surface area contributed by atoms with E-state index >= 15 is 0 Å². The first kappa shape index (κ1) is 25.9. The number of aryl methyl sites for hydroxylation is 1. The number of nitrogens with one attached hydrogen (secondary N) is 1. The number of nitrogens with zero attached hydrogens (tertiary/aromatic N) is 6. The largest absolute Gasteiger partial charge is 0.486 e. The van der Waals surface area contributed by atoms with Gasteiger partial charge in [0, 0.05) is 37.8 Å². The van der Waals surface area contributed by atoms with Crippen LogP contribution in [-0.4, -0.2) is 84.3 Å². The molecule has 3 amide bonds. The molecule has 0 bridgehead atoms. The van der Waals surface area contributed by atoms with Gasteiger partial charge in [0.25, 0.3) is 6.43 Å². The highest BCUT2D eigenvalue weighted by atomic mass is 19.3. The number of likely N-dealkylation sites (N-methyl/N-ethyl adjacent to an activating group) is 1. The second kappa shape index (κ2) is 11.3. The van der Waals surface area contributed by atoms with E-state index in [4.69, 9.17) is 10.00 Å². The van der Waals surface area contributed by atoms with Gasteiger partial charge in [0.1, 0.15) is 41.3 Å². The van der Waals surface area contributed by atoms with Crippen LogP contribution in [0.5, 0.6) is 5.75 Å². The molecule has 194 valence electrons. The number of anilines is 2. The molecule has 0 atom stereocenters. The predicted octanol–water partition coefficient (Wildman–Crippen LogP) is 2.06. The van der Waals surface area contributed by atoms with E-state index < -0.39 is 19.1 Å². The Labute approximate surface area is 211 Å². The van der Waals surface area contributed by atoms with Gasteiger partial charge in [-0.25, -0.2) is 23.5 Å². The number of hydrogen-bond donors (Lipinski definition) is 1. The molecule has 0 saturated carbocycles. The molecule has 4 rings (SSSR count). The average Bonchev–Trinajstić information content (AvgIpc) is 2.88. The minimum absolute atomic E-state index is 0.00111. The fourth-order valence-corrected chi connectivity index (χ4v) is 4.22. The van der Waals surface area contributed by atoms with Gasteiger partial charge in [-0.3, -0.25) is 24.7 Å². The van der Waals surface area contributed by atoms with Crippen LogP contribution in [0.25, 0.3) is 0 Å². The Morgan fingerprint density at radius 3 is 2.84 bits per heavy atom. The Kier molecular flexibility index (Phi) is 7.88. The number of rotatable bonds is 7. The van der Waals surface area contributed by atoms with Crippen LogP contribution in [0.2, 0.25) is 0 Å². The lowest BCUT2D eigenvalue weighted by atomic mass is 10.0. The van der Waals surface area contributed by atoms with Crippen molar-refractivity contribution in [1.29, 1.82) is 5.26 Å². The zero-order valence-electron chi connectivity index (χ0n) is 20.1. The third kappa shape index (κ3) is 5.97. The summed E-state index contributed by atoms with van der Waals surface area (Å²) in [5.41, 5.74) is 1.47. The topological polar surface area (TPSA) is 132 Å². The van der Waals surface area contributed by atoms with E-state index in [1.54, 1.807) is 11.0 Å². The van der Waals surface area contributed by atoms with E-state index in [-0.39, 0.29) is 35.3 Å². The smallest absolute Gasteiger partial charge is 0.328 e. The van der Waals surface area contributed by atoms with Gasteiger partial charge in [-0.15, -0.1) is 0 Å². The van der Waals surface area contributed by atoms with Crippen molar-refractivity contribution in [1.82, 2.24) is 19.8 Å². The highest BCUT2D eigenvalue weighted by Crippen LogP contribution is 2.29. The summed E-state index contributed by atoms with van der Waals surface area (Å²) in [5.74, 6) is 0.163. The number of piperazine rings is 1. The van der Waals surface area contributed by atoms with Crippen molar-refractivity contribution in [2.45, 2.75) is 25.8 Å². The first-order chi connectivity index (χ1) is 17.8. The fraction of sp³-hybridized carbons (Fsp3) is 0.417. The molecule has 0 aliphatic carbocycles. The van der Waals surface area contributed by atoms with Crippen molar-refractivity contribution in [3.05, 3.63) is 40.7 Å². The molecule has 0 radical (unpaired) electrons. The molecule has 2 aliphatic rings. The molecule has 2 aromatic rings. The Morgan fingerprint density at radius 2 is 2.14 bits per heavy atom. The van der Waals surface area contributed by atoms with E-state index in [9.17, 15) is 23.2 Å². The second-order valence-corrected chi connectivity index (χ2v) is 8.75. The highest BCUT2D eigenvalue weighted by molar-refractivity contribution is 6.01. The molecular weight excluding hydrogens is 488 g/mol. The summed E-state index contributed by atoms with van der Waals surface area (Å²) in [6, 6.07) is 4.22. The zero-order valence-corrected chi connectivity index (χ0v) is 20.1. The van der Waals surface area contributed by atoms with Gasteiger partial charge in [0.2, 0.25) is 5.91 Å². The molecule has 2 aliphatic heterocycles. The SMILES string of the molecule is CN1CCN(Cc2cc3c(nc2C=O)N(C(=O)Nc2cc(OCC(F)F)c(C#N)cn2)CCC3)C(=O)C1. The van der Waals surface area contributed by atoms with Crippen LogP contribution in [0.15, 0.2) is 18.3 Å². The van der Waals surface area contributed by atoms with E-state index in [2.05, 4.69) is 15.3 Å². The lowest BCUT2D eigenvalue weighted by molar-refractivity contribution is -0.136. The summed E-state index contributed by atoms with van der Waals surface area (Å²) in [6.07, 6.45) is 0.263. The molecule has 1 N–H and O–H groups in total. The van der Waals surface area contributed by atoms with Crippen molar-refractivity contribution in [2.24, 2.45) is 0 Å². The number of amides is 3. The first-order valence-electron chi connectivity index (χ1n) is 11.6. The van der Waals surface area contributed by atoms with E-state index in [1.165, 1.54) is 11.0 Å². The average molecular weight is 514 g/mol. The van der Waals surface area contributed by atoms with Crippen LogP contribution < -0.4 is 15.0 Å². The van der Waals surface area contributed by atoms with Gasteiger partial charge in [-0.2, -0.15) is 5.26 Å². The van der Waals surface area contributed by atoms with Gasteiger partial charge < -0.3 is 9.64 Å². The van der Waals surface area contributed by atoms with Crippen LogP contribution in [0, 0.1) is 11.3 Å². The number of carbonyl (C=O) groups excluding carboxylic acids is 3. The lowest BCUT2D eigenvalue weighted by Crippen LogP contribution is -2.48. The fourth-order valence-electron chi connectivity index (χ4n) is 4.22. The molecule has 0 spiro atoms. The van der Waals surface area contributed by atoms with E-state index in [1.807, 2.05) is 18.0 Å². The van der Waals surface area contributed by atoms with Gasteiger partial charge in [-0.1, -0.05) is 0 Å². The minimum Gasteiger partial charge on any atom is -0.486 e. The summed E-state index contributed by atoms with van der Waals surface area (Å²) < 4.78 is 30.1. The Balaban J connectivity index is 1.54. The van der Waals surface area contributed by atoms with Crippen molar-refractivity contribution >= 4 is 29.9 Å². The highest BCUT2D eigenvalue weighted by Gasteiger charge is 2.28. The number of halogens is 2. The molecule has 37 heavy (non-hydrogen) atoms. The summed E-state index contributed by atoms with van der Waals surface area (Å²) in [6.45, 7) is 1.24. The molecule has 4 heterocycles. The Morgan fingerprint density at radius 1 is 1.32 bits per heavy atom. The van der Waals surface area contributed by atoms with Crippen LogP contribution >= 0.6 is 0 Å². The third-order valence-corrected chi connectivity index (χ3v) is 6.09. The summed E-state index contributed by atoms with van der Waals surface area (Å²) in [5, 5.41) is 11.7. The maximum absolute atomic E-state index is 13.1. The molecule has 13 heteroatoms. The maximum Gasteiger partial charge on any atom is 0.328 e. The predicted molar refractivity (Wildman–Crippen MR) is 128 cm³/mol. The summed E-state index contributed by atoms with van der Waals surface area (Å²) in [7, 11) is 1.87. The van der Waals surface area contributed by atoms with Crippen molar-refractivity contribution in [3.8, 4) is 11.8 Å². The lowest BCUT2D eigenvalue weighted by Gasteiger charge is -2.33. The van der Waals surface area contributed by atoms with Crippen LogP contribution in [-0.2, 0) is 17.8 Å². The van der Waals surface area contributed by atoms with Gasteiger partial charge >= 0.3 is 6.03 Å². The number of fused-ring (bicyclic) bond motifs is 1. The number of urea groups is 1. The maximum atomic E-state index is 13.1. The standard InChI is InChI=1S/C24H25F2N7O4/c1-31-5-6-32(22(35)12-31)11-16-7-15-3-2-4-33(23(15)29-18(16)13-34)24(36)30-21-8-19(37-14-20(25)26)17(9-27)10-28-21/h7-8,10,13,20H,2-6,11-12,14H2,1H3,(H,28,30,36). The molecule has 0 unspecified atom stereocenters. The van der Waals surface area contributed by atoms with E-state index in [0.29, 0.717) is 50.1 Å². The van der Waals surface area contributed by atoms with Crippen LogP contribution in [0.1, 0.15) is 33.6 Å². The Hall–Kier alpha value is -4.18.